The number of carbonyl (C=O) groups is 1. The van der Waals surface area contributed by atoms with Crippen molar-refractivity contribution in [2.45, 2.75) is 32.6 Å². The van der Waals surface area contributed by atoms with E-state index in [2.05, 4.69) is 36.6 Å². The van der Waals surface area contributed by atoms with Gasteiger partial charge in [-0.3, -0.25) is 4.79 Å². The first-order valence-corrected chi connectivity index (χ1v) is 7.89. The zero-order chi connectivity index (χ0) is 15.2. The normalized spacial score (nSPS) is 14.6. The molecular weight excluding hydrogens is 282 g/mol. The van der Waals surface area contributed by atoms with Crippen LogP contribution in [0.4, 0.5) is 5.69 Å². The highest BCUT2D eigenvalue weighted by Gasteiger charge is 2.19. The number of benzene rings is 1. The summed E-state index contributed by atoms with van der Waals surface area (Å²) in [5, 5.41) is 6.90. The Kier molecular flexibility index (Phi) is 5.56. The number of anilines is 1. The van der Waals surface area contributed by atoms with Crippen LogP contribution in [0.25, 0.3) is 0 Å². The van der Waals surface area contributed by atoms with E-state index in [1.807, 2.05) is 17.0 Å². The maximum atomic E-state index is 11.5. The molecule has 0 bridgehead atoms. The molecule has 1 fully saturated rings. The molecule has 0 radical (unpaired) electrons. The summed E-state index contributed by atoms with van der Waals surface area (Å²) in [4.78, 5) is 13.4. The number of likely N-dealkylation sites (tertiary alicyclic amines) is 1. The molecule has 21 heavy (non-hydrogen) atoms. The highest BCUT2D eigenvalue weighted by molar-refractivity contribution is 7.80. The minimum atomic E-state index is 0.250. The van der Waals surface area contributed by atoms with E-state index in [9.17, 15) is 4.79 Å². The van der Waals surface area contributed by atoms with Crippen molar-refractivity contribution in [1.82, 2.24) is 10.2 Å². The fourth-order valence-electron chi connectivity index (χ4n) is 2.37. The van der Waals surface area contributed by atoms with Crippen LogP contribution in [0, 0.1) is 0 Å². The van der Waals surface area contributed by atoms with Gasteiger partial charge in [0.15, 0.2) is 5.11 Å². The van der Waals surface area contributed by atoms with Crippen LogP contribution in [0.3, 0.4) is 0 Å². The predicted octanol–water partition coefficient (Wildman–Crippen LogP) is 2.72. The van der Waals surface area contributed by atoms with Crippen LogP contribution in [0.1, 0.15) is 38.2 Å². The zero-order valence-corrected chi connectivity index (χ0v) is 13.5. The van der Waals surface area contributed by atoms with Crippen LogP contribution >= 0.6 is 12.2 Å². The number of hydrogen-bond donors (Lipinski definition) is 2. The second kappa shape index (κ2) is 7.41. The van der Waals surface area contributed by atoms with E-state index in [0.29, 0.717) is 30.5 Å². The van der Waals surface area contributed by atoms with Gasteiger partial charge in [0, 0.05) is 31.7 Å². The molecule has 0 spiro atoms. The van der Waals surface area contributed by atoms with Crippen LogP contribution in [0.15, 0.2) is 24.3 Å². The third-order valence-electron chi connectivity index (χ3n) is 3.67. The fraction of sp³-hybridized carbons (Fsp3) is 0.500. The van der Waals surface area contributed by atoms with E-state index in [1.54, 1.807) is 0 Å². The Bertz CT molecular complexity index is 499. The molecule has 2 N–H and O–H groups in total. The highest BCUT2D eigenvalue weighted by Crippen LogP contribution is 2.17. The van der Waals surface area contributed by atoms with Crippen molar-refractivity contribution in [2.24, 2.45) is 0 Å². The van der Waals surface area contributed by atoms with Crippen LogP contribution in [0.2, 0.25) is 0 Å². The maximum Gasteiger partial charge on any atom is 0.222 e. The van der Waals surface area contributed by atoms with E-state index >= 15 is 0 Å². The van der Waals surface area contributed by atoms with Gasteiger partial charge < -0.3 is 15.5 Å². The fourth-order valence-corrected chi connectivity index (χ4v) is 2.59. The van der Waals surface area contributed by atoms with Crippen molar-refractivity contribution in [2.75, 3.05) is 25.0 Å². The first-order valence-electron chi connectivity index (χ1n) is 7.49. The number of nitrogens with zero attached hydrogens (tertiary/aromatic N) is 1. The lowest BCUT2D eigenvalue weighted by Gasteiger charge is -2.17. The Balaban J connectivity index is 1.72. The molecule has 1 aliphatic heterocycles. The number of thiocarbonyl (C=S) groups is 1. The van der Waals surface area contributed by atoms with E-state index in [1.165, 1.54) is 5.56 Å². The van der Waals surface area contributed by atoms with E-state index in [0.717, 1.165) is 18.7 Å². The van der Waals surface area contributed by atoms with Gasteiger partial charge in [-0.1, -0.05) is 26.0 Å². The van der Waals surface area contributed by atoms with Gasteiger partial charge in [-0.05, 0) is 42.3 Å². The third kappa shape index (κ3) is 4.70. The molecule has 0 saturated carbocycles. The molecule has 5 heteroatoms. The van der Waals surface area contributed by atoms with Crippen LogP contribution in [0.5, 0.6) is 0 Å². The molecule has 2 rings (SSSR count). The van der Waals surface area contributed by atoms with Gasteiger partial charge in [-0.25, -0.2) is 0 Å². The Morgan fingerprint density at radius 1 is 1.33 bits per heavy atom. The monoisotopic (exact) mass is 305 g/mol. The molecule has 0 aliphatic carbocycles. The quantitative estimate of drug-likeness (QED) is 0.821. The largest absolute Gasteiger partial charge is 0.361 e. The molecule has 114 valence electrons. The molecule has 1 aromatic rings. The molecule has 1 saturated heterocycles. The molecule has 1 heterocycles. The topological polar surface area (TPSA) is 44.4 Å². The van der Waals surface area contributed by atoms with Crippen molar-refractivity contribution < 1.29 is 4.79 Å². The van der Waals surface area contributed by atoms with Crippen LogP contribution < -0.4 is 10.6 Å². The Morgan fingerprint density at radius 3 is 2.62 bits per heavy atom. The summed E-state index contributed by atoms with van der Waals surface area (Å²) >= 11 is 5.26. The zero-order valence-electron chi connectivity index (χ0n) is 12.7. The lowest BCUT2D eigenvalue weighted by molar-refractivity contribution is -0.127. The van der Waals surface area contributed by atoms with Crippen molar-refractivity contribution in [3.8, 4) is 0 Å². The molecule has 4 nitrogen and oxygen atoms in total. The van der Waals surface area contributed by atoms with Crippen molar-refractivity contribution in [3.05, 3.63) is 29.8 Å². The van der Waals surface area contributed by atoms with Gasteiger partial charge >= 0.3 is 0 Å². The summed E-state index contributed by atoms with van der Waals surface area (Å²) < 4.78 is 0. The predicted molar refractivity (Wildman–Crippen MR) is 90.6 cm³/mol. The number of amides is 1. The molecule has 0 unspecified atom stereocenters. The van der Waals surface area contributed by atoms with Gasteiger partial charge in [0.1, 0.15) is 0 Å². The Morgan fingerprint density at radius 2 is 2.05 bits per heavy atom. The van der Waals surface area contributed by atoms with Crippen molar-refractivity contribution in [3.63, 3.8) is 0 Å². The summed E-state index contributed by atoms with van der Waals surface area (Å²) in [5.41, 5.74) is 2.29. The van der Waals surface area contributed by atoms with Gasteiger partial charge in [0.05, 0.1) is 0 Å². The Hall–Kier alpha value is -1.62. The number of hydrogen-bond acceptors (Lipinski definition) is 2. The summed E-state index contributed by atoms with van der Waals surface area (Å²) in [6.45, 7) is 6.62. The smallest absolute Gasteiger partial charge is 0.222 e. The SMILES string of the molecule is CC(C)c1ccc(NC(=S)NCCN2CCCC2=O)cc1. The average Bonchev–Trinajstić information content (AvgIpc) is 2.85. The standard InChI is InChI=1S/C16H23N3OS/c1-12(2)13-5-7-14(8-6-13)18-16(21)17-9-11-19-10-3-4-15(19)20/h5-8,12H,3-4,9-11H2,1-2H3,(H2,17,18,21). The van der Waals surface area contributed by atoms with Crippen molar-refractivity contribution >= 4 is 28.9 Å². The summed E-state index contributed by atoms with van der Waals surface area (Å²) in [6, 6.07) is 8.29. The van der Waals surface area contributed by atoms with Gasteiger partial charge in [-0.15, -0.1) is 0 Å². The number of nitrogens with one attached hydrogen (secondary N) is 2. The lowest BCUT2D eigenvalue weighted by atomic mass is 10.0. The third-order valence-corrected chi connectivity index (χ3v) is 3.92. The summed E-state index contributed by atoms with van der Waals surface area (Å²) in [6.07, 6.45) is 1.66. The maximum absolute atomic E-state index is 11.5. The van der Waals surface area contributed by atoms with E-state index < -0.39 is 0 Å². The van der Waals surface area contributed by atoms with Crippen molar-refractivity contribution in [1.29, 1.82) is 0 Å². The first-order chi connectivity index (χ1) is 10.1. The lowest BCUT2D eigenvalue weighted by Crippen LogP contribution is -2.37. The minimum Gasteiger partial charge on any atom is -0.361 e. The van der Waals surface area contributed by atoms with Gasteiger partial charge in [0.25, 0.3) is 0 Å². The molecule has 0 atom stereocenters. The number of carbonyl (C=O) groups excluding carboxylic acids is 1. The first kappa shape index (κ1) is 15.8. The molecule has 1 aromatic carbocycles. The average molecular weight is 305 g/mol. The van der Waals surface area contributed by atoms with Gasteiger partial charge in [-0.2, -0.15) is 0 Å². The second-order valence-electron chi connectivity index (χ2n) is 5.64. The molecule has 1 amide bonds. The minimum absolute atomic E-state index is 0.250. The number of rotatable bonds is 5. The molecule has 1 aliphatic rings. The highest BCUT2D eigenvalue weighted by atomic mass is 32.1. The van der Waals surface area contributed by atoms with E-state index in [-0.39, 0.29) is 5.91 Å². The second-order valence-corrected chi connectivity index (χ2v) is 6.05. The molecular formula is C16H23N3OS. The van der Waals surface area contributed by atoms with E-state index in [4.69, 9.17) is 12.2 Å². The van der Waals surface area contributed by atoms with Crippen LogP contribution in [-0.4, -0.2) is 35.6 Å². The summed E-state index contributed by atoms with van der Waals surface area (Å²) in [7, 11) is 0. The Labute approximate surface area is 131 Å². The van der Waals surface area contributed by atoms with Gasteiger partial charge in [0.2, 0.25) is 5.91 Å². The van der Waals surface area contributed by atoms with Crippen LogP contribution in [-0.2, 0) is 4.79 Å². The summed E-state index contributed by atoms with van der Waals surface area (Å²) in [5.74, 6) is 0.780. The molecule has 0 aromatic heterocycles.